The van der Waals surface area contributed by atoms with Gasteiger partial charge in [0.1, 0.15) is 0 Å². The Labute approximate surface area is 138 Å². The summed E-state index contributed by atoms with van der Waals surface area (Å²) < 4.78 is 2.13. The normalized spacial score (nSPS) is 11.7. The van der Waals surface area contributed by atoms with Crippen LogP contribution >= 0.6 is 11.3 Å². The fraction of sp³-hybridized carbons (Fsp3) is 0.111. The first-order valence-corrected chi connectivity index (χ1v) is 8.31. The van der Waals surface area contributed by atoms with E-state index in [4.69, 9.17) is 0 Å². The van der Waals surface area contributed by atoms with E-state index in [0.29, 0.717) is 0 Å². The number of hydrogen-bond acceptors (Lipinski definition) is 4. The zero-order valence-corrected chi connectivity index (χ0v) is 13.8. The molecular weight excluding hydrogens is 304 g/mol. The van der Waals surface area contributed by atoms with Crippen LogP contribution in [0.15, 0.2) is 52.9 Å². The van der Waals surface area contributed by atoms with Crippen molar-refractivity contribution in [1.82, 2.24) is 9.38 Å². The summed E-state index contributed by atoms with van der Waals surface area (Å²) in [4.78, 5) is 5.57. The highest BCUT2D eigenvalue weighted by molar-refractivity contribution is 7.15. The van der Waals surface area contributed by atoms with Crippen LogP contribution in [0.2, 0.25) is 0 Å². The van der Waals surface area contributed by atoms with Gasteiger partial charge in [0.25, 0.3) is 0 Å². The number of thiazole rings is 1. The summed E-state index contributed by atoms with van der Waals surface area (Å²) in [5.74, 6) is 0. The van der Waals surface area contributed by atoms with Gasteiger partial charge in [0.2, 0.25) is 0 Å². The van der Waals surface area contributed by atoms with Gasteiger partial charge < -0.3 is 0 Å². The Kier molecular flexibility index (Phi) is 3.35. The molecule has 0 fully saturated rings. The molecule has 2 aromatic heterocycles. The number of imidazole rings is 1. The third kappa shape index (κ3) is 2.49. The van der Waals surface area contributed by atoms with Gasteiger partial charge in [-0.25, -0.2) is 4.98 Å². The van der Waals surface area contributed by atoms with Crippen LogP contribution in [0, 0.1) is 13.8 Å². The Morgan fingerprint density at radius 3 is 2.83 bits per heavy atom. The molecule has 0 atom stereocenters. The zero-order valence-electron chi connectivity index (χ0n) is 12.9. The molecule has 23 heavy (non-hydrogen) atoms. The SMILES string of the molecule is Cc1nc2scc(C)n2c1/C=N/Nc1ccc2ccccc2c1. The highest BCUT2D eigenvalue weighted by Crippen LogP contribution is 2.20. The van der Waals surface area contributed by atoms with Gasteiger partial charge in [-0.05, 0) is 36.8 Å². The largest absolute Gasteiger partial charge is 0.286 e. The van der Waals surface area contributed by atoms with Crippen LogP contribution < -0.4 is 5.43 Å². The number of rotatable bonds is 3. The standard InChI is InChI=1S/C18H16N4S/c1-12-11-23-18-20-13(2)17(22(12)18)10-19-21-16-8-7-14-5-3-4-6-15(14)9-16/h3-11,21H,1-2H3/b19-10+. The zero-order chi connectivity index (χ0) is 15.8. The predicted octanol–water partition coefficient (Wildman–Crippen LogP) is 4.61. The van der Waals surface area contributed by atoms with Crippen molar-refractivity contribution < 1.29 is 0 Å². The number of aromatic nitrogens is 2. The summed E-state index contributed by atoms with van der Waals surface area (Å²) in [6, 6.07) is 14.5. The molecule has 4 nitrogen and oxygen atoms in total. The summed E-state index contributed by atoms with van der Waals surface area (Å²) in [6.07, 6.45) is 1.84. The van der Waals surface area contributed by atoms with E-state index in [2.05, 4.69) is 56.5 Å². The fourth-order valence-electron chi connectivity index (χ4n) is 2.70. The quantitative estimate of drug-likeness (QED) is 0.442. The number of anilines is 1. The Bertz CT molecular complexity index is 1030. The second-order valence-electron chi connectivity index (χ2n) is 5.51. The van der Waals surface area contributed by atoms with Crippen LogP contribution in [-0.4, -0.2) is 15.6 Å². The molecule has 0 aliphatic heterocycles. The second-order valence-corrected chi connectivity index (χ2v) is 6.35. The van der Waals surface area contributed by atoms with Gasteiger partial charge in [-0.2, -0.15) is 5.10 Å². The highest BCUT2D eigenvalue weighted by atomic mass is 32.1. The van der Waals surface area contributed by atoms with Gasteiger partial charge in [-0.3, -0.25) is 9.83 Å². The predicted molar refractivity (Wildman–Crippen MR) is 97.7 cm³/mol. The Hall–Kier alpha value is -2.66. The van der Waals surface area contributed by atoms with Gasteiger partial charge in [0.15, 0.2) is 4.96 Å². The Morgan fingerprint density at radius 2 is 1.96 bits per heavy atom. The average molecular weight is 320 g/mol. The van der Waals surface area contributed by atoms with E-state index >= 15 is 0 Å². The fourth-order valence-corrected chi connectivity index (χ4v) is 3.62. The topological polar surface area (TPSA) is 41.7 Å². The van der Waals surface area contributed by atoms with Crippen molar-refractivity contribution in [2.75, 3.05) is 5.43 Å². The highest BCUT2D eigenvalue weighted by Gasteiger charge is 2.09. The molecule has 0 aliphatic rings. The van der Waals surface area contributed by atoms with Gasteiger partial charge in [-0.1, -0.05) is 30.3 Å². The molecule has 2 heterocycles. The van der Waals surface area contributed by atoms with E-state index in [0.717, 1.165) is 22.0 Å². The first kappa shape index (κ1) is 14.0. The summed E-state index contributed by atoms with van der Waals surface area (Å²) in [7, 11) is 0. The molecule has 0 unspecified atom stereocenters. The lowest BCUT2D eigenvalue weighted by molar-refractivity contribution is 1.11. The second kappa shape index (κ2) is 5.52. The van der Waals surface area contributed by atoms with Crippen molar-refractivity contribution in [3.8, 4) is 0 Å². The van der Waals surface area contributed by atoms with Gasteiger partial charge in [-0.15, -0.1) is 11.3 Å². The number of nitrogens with zero attached hydrogens (tertiary/aromatic N) is 3. The minimum atomic E-state index is 0.973. The molecule has 0 spiro atoms. The first-order valence-electron chi connectivity index (χ1n) is 7.43. The summed E-state index contributed by atoms with van der Waals surface area (Å²) in [5.41, 5.74) is 7.27. The molecule has 114 valence electrons. The summed E-state index contributed by atoms with van der Waals surface area (Å²) in [6.45, 7) is 4.09. The lowest BCUT2D eigenvalue weighted by Gasteiger charge is -2.03. The maximum atomic E-state index is 4.56. The van der Waals surface area contributed by atoms with Gasteiger partial charge in [0, 0.05) is 11.1 Å². The van der Waals surface area contributed by atoms with Gasteiger partial charge >= 0.3 is 0 Å². The lowest BCUT2D eigenvalue weighted by Crippen LogP contribution is -1.96. The number of fused-ring (bicyclic) bond motifs is 2. The molecule has 1 N–H and O–H groups in total. The third-order valence-corrected chi connectivity index (χ3v) is 4.83. The maximum Gasteiger partial charge on any atom is 0.194 e. The van der Waals surface area contributed by atoms with E-state index in [9.17, 15) is 0 Å². The molecule has 2 aromatic carbocycles. The Morgan fingerprint density at radius 1 is 1.13 bits per heavy atom. The molecule has 0 bridgehead atoms. The minimum absolute atomic E-state index is 0.973. The van der Waals surface area contributed by atoms with Crippen molar-refractivity contribution in [2.45, 2.75) is 13.8 Å². The van der Waals surface area contributed by atoms with E-state index < -0.39 is 0 Å². The third-order valence-electron chi connectivity index (χ3n) is 3.88. The average Bonchev–Trinajstić information content (AvgIpc) is 3.07. The number of hydrogen-bond donors (Lipinski definition) is 1. The van der Waals surface area contributed by atoms with Crippen LogP contribution in [0.3, 0.4) is 0 Å². The maximum absolute atomic E-state index is 4.56. The smallest absolute Gasteiger partial charge is 0.194 e. The monoisotopic (exact) mass is 320 g/mol. The van der Waals surface area contributed by atoms with Crippen LogP contribution in [-0.2, 0) is 0 Å². The molecule has 0 saturated heterocycles. The Balaban J connectivity index is 1.62. The van der Waals surface area contributed by atoms with Crippen LogP contribution in [0.4, 0.5) is 5.69 Å². The number of benzene rings is 2. The van der Waals surface area contributed by atoms with E-state index in [-0.39, 0.29) is 0 Å². The van der Waals surface area contributed by atoms with Crippen LogP contribution in [0.25, 0.3) is 15.7 Å². The van der Waals surface area contributed by atoms with Crippen molar-refractivity contribution in [1.29, 1.82) is 0 Å². The van der Waals surface area contributed by atoms with Crippen molar-refractivity contribution in [2.24, 2.45) is 5.10 Å². The van der Waals surface area contributed by atoms with Crippen molar-refractivity contribution in [3.05, 3.63) is 64.9 Å². The molecule has 4 aromatic rings. The van der Waals surface area contributed by atoms with Gasteiger partial charge in [0.05, 0.1) is 23.3 Å². The van der Waals surface area contributed by atoms with E-state index in [1.807, 2.05) is 31.3 Å². The molecule has 0 saturated carbocycles. The minimum Gasteiger partial charge on any atom is -0.286 e. The molecule has 0 aliphatic carbocycles. The van der Waals surface area contributed by atoms with E-state index in [1.165, 1.54) is 16.5 Å². The number of nitrogens with one attached hydrogen (secondary N) is 1. The van der Waals surface area contributed by atoms with Crippen molar-refractivity contribution in [3.63, 3.8) is 0 Å². The van der Waals surface area contributed by atoms with Crippen LogP contribution in [0.5, 0.6) is 0 Å². The lowest BCUT2D eigenvalue weighted by atomic mass is 10.1. The van der Waals surface area contributed by atoms with Crippen molar-refractivity contribution >= 4 is 39.0 Å². The molecule has 4 rings (SSSR count). The van der Waals surface area contributed by atoms with Crippen LogP contribution in [0.1, 0.15) is 17.1 Å². The number of hydrazone groups is 1. The molecule has 0 radical (unpaired) electrons. The first-order chi connectivity index (χ1) is 11.2. The summed E-state index contributed by atoms with van der Waals surface area (Å²) in [5, 5.41) is 8.92. The summed E-state index contributed by atoms with van der Waals surface area (Å²) >= 11 is 1.65. The number of aryl methyl sites for hydroxylation is 2. The molecule has 5 heteroatoms. The molecular formula is C18H16N4S. The molecule has 0 amide bonds. The van der Waals surface area contributed by atoms with E-state index in [1.54, 1.807) is 11.3 Å².